The SMILES string of the molecule is CC(C)c1nc(N=S(C)(C)=O)c2cc3n[nH]nc3cc2c1-c1ccc(F)cc1. The standard InChI is InChI=1S/C20H20FN5OS/c1-11(2)19-18(12-5-7-13(21)8-6-12)14-9-16-17(24-26-23-16)10-15(14)20(22-19)25-28(3,4)27/h5-11H,1-4H3,(H,23,24,26). The van der Waals surface area contributed by atoms with E-state index >= 15 is 0 Å². The number of nitrogens with zero attached hydrogens (tertiary/aromatic N) is 4. The number of pyridine rings is 1. The molecular formula is C20H20FN5OS. The number of H-pyrrole nitrogens is 1. The Morgan fingerprint density at radius 1 is 1.04 bits per heavy atom. The summed E-state index contributed by atoms with van der Waals surface area (Å²) in [6, 6.07) is 10.1. The summed E-state index contributed by atoms with van der Waals surface area (Å²) in [6.07, 6.45) is 3.16. The van der Waals surface area contributed by atoms with Gasteiger partial charge in [-0.05, 0) is 41.1 Å². The lowest BCUT2D eigenvalue weighted by Crippen LogP contribution is -2.00. The zero-order valence-electron chi connectivity index (χ0n) is 16.0. The van der Waals surface area contributed by atoms with Crippen LogP contribution < -0.4 is 0 Å². The number of fused-ring (bicyclic) bond motifs is 2. The topological polar surface area (TPSA) is 83.9 Å². The summed E-state index contributed by atoms with van der Waals surface area (Å²) in [4.78, 5) is 4.78. The second-order valence-electron chi connectivity index (χ2n) is 7.34. The molecule has 0 saturated carbocycles. The number of rotatable bonds is 3. The minimum atomic E-state index is -2.42. The van der Waals surface area contributed by atoms with E-state index in [1.54, 1.807) is 24.6 Å². The van der Waals surface area contributed by atoms with Crippen molar-refractivity contribution in [2.75, 3.05) is 12.5 Å². The molecule has 2 aromatic heterocycles. The highest BCUT2D eigenvalue weighted by atomic mass is 32.2. The van der Waals surface area contributed by atoms with Crippen LogP contribution in [0, 0.1) is 5.82 Å². The van der Waals surface area contributed by atoms with Crippen LogP contribution in [0.4, 0.5) is 10.2 Å². The van der Waals surface area contributed by atoms with Gasteiger partial charge < -0.3 is 0 Å². The summed E-state index contributed by atoms with van der Waals surface area (Å²) in [5.74, 6) is 0.204. The number of aromatic amines is 1. The molecule has 0 atom stereocenters. The lowest BCUT2D eigenvalue weighted by molar-refractivity contribution is 0.628. The van der Waals surface area contributed by atoms with Crippen LogP contribution in [0.5, 0.6) is 0 Å². The first-order valence-corrected chi connectivity index (χ1v) is 11.2. The van der Waals surface area contributed by atoms with Gasteiger partial charge in [0.25, 0.3) is 0 Å². The Hall–Kier alpha value is -2.87. The van der Waals surface area contributed by atoms with Crippen LogP contribution >= 0.6 is 0 Å². The summed E-state index contributed by atoms with van der Waals surface area (Å²) < 4.78 is 30.3. The summed E-state index contributed by atoms with van der Waals surface area (Å²) >= 11 is 0. The fourth-order valence-electron chi connectivity index (χ4n) is 3.26. The number of aromatic nitrogens is 4. The molecule has 2 heterocycles. The first kappa shape index (κ1) is 18.5. The van der Waals surface area contributed by atoms with Crippen molar-refractivity contribution in [1.29, 1.82) is 0 Å². The number of hydrogen-bond acceptors (Lipinski definition) is 5. The molecule has 4 rings (SSSR count). The molecule has 0 fully saturated rings. The van der Waals surface area contributed by atoms with Crippen molar-refractivity contribution in [3.8, 4) is 11.1 Å². The molecule has 28 heavy (non-hydrogen) atoms. The summed E-state index contributed by atoms with van der Waals surface area (Å²) in [7, 11) is -2.42. The monoisotopic (exact) mass is 397 g/mol. The van der Waals surface area contributed by atoms with E-state index in [0.29, 0.717) is 16.9 Å². The minimum absolute atomic E-state index is 0.0798. The highest BCUT2D eigenvalue weighted by Crippen LogP contribution is 2.40. The van der Waals surface area contributed by atoms with Gasteiger partial charge in [0.15, 0.2) is 5.82 Å². The van der Waals surface area contributed by atoms with Crippen LogP contribution in [0.2, 0.25) is 0 Å². The lowest BCUT2D eigenvalue weighted by Gasteiger charge is -2.17. The fraction of sp³-hybridized carbons (Fsp3) is 0.250. The van der Waals surface area contributed by atoms with Crippen LogP contribution in [0.25, 0.3) is 32.9 Å². The Morgan fingerprint density at radius 3 is 2.21 bits per heavy atom. The van der Waals surface area contributed by atoms with Crippen LogP contribution in [-0.2, 0) is 9.73 Å². The van der Waals surface area contributed by atoms with Crippen LogP contribution in [-0.4, -0.2) is 37.1 Å². The van der Waals surface area contributed by atoms with Gasteiger partial charge in [-0.25, -0.2) is 13.6 Å². The Morgan fingerprint density at radius 2 is 1.64 bits per heavy atom. The number of benzene rings is 2. The predicted octanol–water partition coefficient (Wildman–Crippen LogP) is 4.79. The largest absolute Gasteiger partial charge is 0.250 e. The Labute approximate surface area is 162 Å². The Balaban J connectivity index is 2.20. The molecule has 0 aliphatic carbocycles. The van der Waals surface area contributed by atoms with E-state index in [1.807, 2.05) is 26.0 Å². The molecule has 1 N–H and O–H groups in total. The van der Waals surface area contributed by atoms with E-state index in [4.69, 9.17) is 4.98 Å². The summed E-state index contributed by atoms with van der Waals surface area (Å²) in [6.45, 7) is 4.07. The Bertz CT molecular complexity index is 1310. The molecule has 0 aliphatic heterocycles. The average Bonchev–Trinajstić information content (AvgIpc) is 3.07. The zero-order valence-corrected chi connectivity index (χ0v) is 16.8. The number of hydrogen-bond donors (Lipinski definition) is 1. The number of halogens is 1. The van der Waals surface area contributed by atoms with E-state index in [-0.39, 0.29) is 11.7 Å². The first-order chi connectivity index (χ1) is 13.2. The zero-order chi connectivity index (χ0) is 20.1. The van der Waals surface area contributed by atoms with Crippen LogP contribution in [0.3, 0.4) is 0 Å². The van der Waals surface area contributed by atoms with Crippen molar-refractivity contribution in [3.63, 3.8) is 0 Å². The third-order valence-corrected chi connectivity index (χ3v) is 5.05. The van der Waals surface area contributed by atoms with Gasteiger partial charge in [0.05, 0.1) is 5.69 Å². The maximum absolute atomic E-state index is 13.5. The molecule has 0 unspecified atom stereocenters. The van der Waals surface area contributed by atoms with E-state index in [2.05, 4.69) is 19.8 Å². The van der Waals surface area contributed by atoms with Gasteiger partial charge in [0, 0.05) is 33.2 Å². The van der Waals surface area contributed by atoms with Crippen LogP contribution in [0.1, 0.15) is 25.5 Å². The highest BCUT2D eigenvalue weighted by molar-refractivity contribution is 7.92. The molecule has 0 amide bonds. The average molecular weight is 397 g/mol. The van der Waals surface area contributed by atoms with Crippen molar-refractivity contribution >= 4 is 37.4 Å². The molecule has 0 radical (unpaired) electrons. The lowest BCUT2D eigenvalue weighted by atomic mass is 9.92. The molecule has 6 nitrogen and oxygen atoms in total. The summed E-state index contributed by atoms with van der Waals surface area (Å²) in [5, 5.41) is 12.6. The van der Waals surface area contributed by atoms with E-state index in [9.17, 15) is 8.60 Å². The van der Waals surface area contributed by atoms with E-state index < -0.39 is 9.73 Å². The van der Waals surface area contributed by atoms with Gasteiger partial charge in [-0.15, -0.1) is 0 Å². The quantitative estimate of drug-likeness (QED) is 0.538. The van der Waals surface area contributed by atoms with Gasteiger partial charge in [0.2, 0.25) is 0 Å². The van der Waals surface area contributed by atoms with Crippen molar-refractivity contribution in [2.24, 2.45) is 4.36 Å². The molecule has 2 aromatic carbocycles. The molecule has 4 aromatic rings. The van der Waals surface area contributed by atoms with E-state index in [1.165, 1.54) is 12.1 Å². The smallest absolute Gasteiger partial charge is 0.169 e. The van der Waals surface area contributed by atoms with Crippen LogP contribution in [0.15, 0.2) is 40.8 Å². The van der Waals surface area contributed by atoms with Gasteiger partial charge in [-0.1, -0.05) is 26.0 Å². The van der Waals surface area contributed by atoms with Gasteiger partial charge in [0.1, 0.15) is 16.9 Å². The van der Waals surface area contributed by atoms with Gasteiger partial charge in [-0.2, -0.15) is 19.8 Å². The van der Waals surface area contributed by atoms with Crippen molar-refractivity contribution in [1.82, 2.24) is 20.4 Å². The molecule has 0 saturated heterocycles. The maximum Gasteiger partial charge on any atom is 0.169 e. The van der Waals surface area contributed by atoms with Crippen molar-refractivity contribution < 1.29 is 8.60 Å². The second-order valence-corrected chi connectivity index (χ2v) is 9.89. The number of nitrogens with one attached hydrogen (secondary N) is 1. The van der Waals surface area contributed by atoms with Gasteiger partial charge >= 0.3 is 0 Å². The molecule has 8 heteroatoms. The van der Waals surface area contributed by atoms with Crippen molar-refractivity contribution in [3.05, 3.63) is 47.9 Å². The molecule has 0 bridgehead atoms. The molecule has 0 aliphatic rings. The molecular weight excluding hydrogens is 377 g/mol. The molecule has 0 spiro atoms. The third kappa shape index (κ3) is 3.35. The Kier molecular flexibility index (Phi) is 4.38. The van der Waals surface area contributed by atoms with E-state index in [0.717, 1.165) is 27.6 Å². The first-order valence-electron chi connectivity index (χ1n) is 8.84. The van der Waals surface area contributed by atoms with Gasteiger partial charge in [-0.3, -0.25) is 0 Å². The second kappa shape index (κ2) is 6.63. The highest BCUT2D eigenvalue weighted by Gasteiger charge is 2.19. The normalized spacial score (nSPS) is 12.2. The molecule has 144 valence electrons. The third-order valence-electron chi connectivity index (χ3n) is 4.43. The maximum atomic E-state index is 13.5. The predicted molar refractivity (Wildman–Crippen MR) is 111 cm³/mol. The van der Waals surface area contributed by atoms with Crippen molar-refractivity contribution in [2.45, 2.75) is 19.8 Å². The minimum Gasteiger partial charge on any atom is -0.250 e. The summed E-state index contributed by atoms with van der Waals surface area (Å²) in [5.41, 5.74) is 3.94. The fourth-order valence-corrected chi connectivity index (χ4v) is 3.82.